The quantitative estimate of drug-likeness (QED) is 0.745. The molecule has 2 aromatic rings. The number of piperidine rings is 1. The van der Waals surface area contributed by atoms with Crippen molar-refractivity contribution in [1.29, 1.82) is 0 Å². The molecule has 4 nitrogen and oxygen atoms in total. The van der Waals surface area contributed by atoms with Crippen LogP contribution < -0.4 is 10.1 Å². The summed E-state index contributed by atoms with van der Waals surface area (Å²) < 4.78 is 31.4. The number of ketones is 1. The van der Waals surface area contributed by atoms with E-state index in [0.29, 0.717) is 17.9 Å². The fraction of sp³-hybridized carbons (Fsp3) is 0.381. The molecule has 0 spiro atoms. The zero-order valence-corrected chi connectivity index (χ0v) is 15.4. The van der Waals surface area contributed by atoms with Gasteiger partial charge in [0.15, 0.2) is 5.78 Å². The van der Waals surface area contributed by atoms with Gasteiger partial charge in [-0.25, -0.2) is 8.78 Å². The maximum Gasteiger partial charge on any atom is 0.166 e. The van der Waals surface area contributed by atoms with E-state index in [1.165, 1.54) is 31.4 Å². The van der Waals surface area contributed by atoms with Gasteiger partial charge in [0.05, 0.1) is 12.8 Å². The molecule has 1 aliphatic rings. The minimum atomic E-state index is -0.328. The van der Waals surface area contributed by atoms with Gasteiger partial charge in [-0.15, -0.1) is 0 Å². The van der Waals surface area contributed by atoms with E-state index >= 15 is 0 Å². The summed E-state index contributed by atoms with van der Waals surface area (Å²) in [6.45, 7) is 3.23. The molecule has 6 heteroatoms. The van der Waals surface area contributed by atoms with Crippen molar-refractivity contribution in [2.24, 2.45) is 5.92 Å². The highest BCUT2D eigenvalue weighted by atomic mass is 19.1. The summed E-state index contributed by atoms with van der Waals surface area (Å²) in [5, 5.41) is 3.27. The van der Waals surface area contributed by atoms with Crippen LogP contribution in [0.5, 0.6) is 5.75 Å². The number of nitrogens with zero attached hydrogens (tertiary/aromatic N) is 1. The van der Waals surface area contributed by atoms with Crippen molar-refractivity contribution in [2.75, 3.05) is 38.6 Å². The zero-order valence-electron chi connectivity index (χ0n) is 15.4. The summed E-state index contributed by atoms with van der Waals surface area (Å²) in [5.74, 6) is -0.0729. The van der Waals surface area contributed by atoms with Gasteiger partial charge < -0.3 is 15.0 Å². The third-order valence-electron chi connectivity index (χ3n) is 4.99. The molecule has 0 unspecified atom stereocenters. The third kappa shape index (κ3) is 5.04. The maximum absolute atomic E-state index is 13.2. The molecule has 1 heterocycles. The largest absolute Gasteiger partial charge is 0.494 e. The first-order valence-electron chi connectivity index (χ1n) is 9.16. The lowest BCUT2D eigenvalue weighted by Crippen LogP contribution is -2.38. The molecule has 1 N–H and O–H groups in total. The lowest BCUT2D eigenvalue weighted by atomic mass is 9.89. The van der Waals surface area contributed by atoms with Gasteiger partial charge in [-0.3, -0.25) is 4.79 Å². The monoisotopic (exact) mass is 374 g/mol. The summed E-state index contributed by atoms with van der Waals surface area (Å²) in [6.07, 6.45) is 1.60. The average molecular weight is 374 g/mol. The maximum atomic E-state index is 13.2. The fourth-order valence-electron chi connectivity index (χ4n) is 3.43. The van der Waals surface area contributed by atoms with Crippen LogP contribution in [0.3, 0.4) is 0 Å². The van der Waals surface area contributed by atoms with E-state index in [0.717, 1.165) is 38.2 Å². The second-order valence-corrected chi connectivity index (χ2v) is 6.76. The molecule has 0 aliphatic carbocycles. The summed E-state index contributed by atoms with van der Waals surface area (Å²) in [7, 11) is 1.52. The Labute approximate surface area is 158 Å². The van der Waals surface area contributed by atoms with Gasteiger partial charge in [0.1, 0.15) is 17.4 Å². The number of carbonyl (C=O) groups is 1. The smallest absolute Gasteiger partial charge is 0.166 e. The third-order valence-corrected chi connectivity index (χ3v) is 4.99. The van der Waals surface area contributed by atoms with E-state index < -0.39 is 0 Å². The molecule has 0 saturated carbocycles. The van der Waals surface area contributed by atoms with Crippen LogP contribution >= 0.6 is 0 Å². The molecule has 2 aromatic carbocycles. The molecule has 0 radical (unpaired) electrons. The van der Waals surface area contributed by atoms with Crippen molar-refractivity contribution in [2.45, 2.75) is 12.8 Å². The summed E-state index contributed by atoms with van der Waals surface area (Å²) >= 11 is 0. The Morgan fingerprint density at radius 3 is 2.44 bits per heavy atom. The predicted octanol–water partition coefficient (Wildman–Crippen LogP) is 3.98. The van der Waals surface area contributed by atoms with Crippen LogP contribution in [0.25, 0.3) is 0 Å². The van der Waals surface area contributed by atoms with Crippen molar-refractivity contribution in [3.63, 3.8) is 0 Å². The van der Waals surface area contributed by atoms with Crippen molar-refractivity contribution < 1.29 is 18.3 Å². The molecule has 1 aliphatic heterocycles. The van der Waals surface area contributed by atoms with Crippen molar-refractivity contribution >= 4 is 11.5 Å². The molecule has 144 valence electrons. The van der Waals surface area contributed by atoms with Gasteiger partial charge in [0.2, 0.25) is 0 Å². The van der Waals surface area contributed by atoms with Crippen LogP contribution in [-0.4, -0.2) is 44.0 Å². The molecule has 1 fully saturated rings. The number of likely N-dealkylation sites (tertiary alicyclic amines) is 1. The van der Waals surface area contributed by atoms with E-state index in [4.69, 9.17) is 4.74 Å². The normalized spacial score (nSPS) is 15.5. The minimum absolute atomic E-state index is 0.00290. The van der Waals surface area contributed by atoms with Crippen molar-refractivity contribution in [1.82, 2.24) is 4.90 Å². The van der Waals surface area contributed by atoms with Gasteiger partial charge in [-0.05, 0) is 62.3 Å². The molecule has 27 heavy (non-hydrogen) atoms. The standard InChI is InChI=1S/C21H24F2N2O2/c1-27-20-14-18(23)6-7-19(20)24-10-13-25-11-8-16(9-12-25)21(26)15-2-4-17(22)5-3-15/h2-7,14,16,24H,8-13H2,1H3. The van der Waals surface area contributed by atoms with Crippen LogP contribution in [0.15, 0.2) is 42.5 Å². The summed E-state index contributed by atoms with van der Waals surface area (Å²) in [5.41, 5.74) is 1.35. The molecule has 3 rings (SSSR count). The molecule has 0 aromatic heterocycles. The minimum Gasteiger partial charge on any atom is -0.494 e. The number of anilines is 1. The molecule has 0 amide bonds. The lowest BCUT2D eigenvalue weighted by molar-refractivity contribution is 0.0843. The Hall–Kier alpha value is -2.47. The molecule has 0 atom stereocenters. The lowest BCUT2D eigenvalue weighted by Gasteiger charge is -2.31. The van der Waals surface area contributed by atoms with Gasteiger partial charge >= 0.3 is 0 Å². The van der Waals surface area contributed by atoms with E-state index in [1.54, 1.807) is 18.2 Å². The van der Waals surface area contributed by atoms with Gasteiger partial charge in [-0.2, -0.15) is 0 Å². The number of nitrogens with one attached hydrogen (secondary N) is 1. The number of ether oxygens (including phenoxy) is 1. The highest BCUT2D eigenvalue weighted by molar-refractivity contribution is 5.97. The first kappa shape index (κ1) is 19.3. The number of halogens is 2. The van der Waals surface area contributed by atoms with Gasteiger partial charge in [0, 0.05) is 30.6 Å². The van der Waals surface area contributed by atoms with Crippen LogP contribution in [0, 0.1) is 17.6 Å². The molecular formula is C21H24F2N2O2. The summed E-state index contributed by atoms with van der Waals surface area (Å²) in [6, 6.07) is 10.2. The Morgan fingerprint density at radius 1 is 1.11 bits per heavy atom. The van der Waals surface area contributed by atoms with E-state index in [2.05, 4.69) is 10.2 Å². The number of carbonyl (C=O) groups excluding carboxylic acids is 1. The van der Waals surface area contributed by atoms with E-state index in [9.17, 15) is 13.6 Å². The highest BCUT2D eigenvalue weighted by Gasteiger charge is 2.25. The van der Waals surface area contributed by atoms with E-state index in [1.807, 2.05) is 0 Å². The van der Waals surface area contributed by atoms with Gasteiger partial charge in [-0.1, -0.05) is 0 Å². The second-order valence-electron chi connectivity index (χ2n) is 6.76. The number of methoxy groups -OCH3 is 1. The molecule has 1 saturated heterocycles. The second kappa shape index (κ2) is 8.95. The topological polar surface area (TPSA) is 41.6 Å². The Balaban J connectivity index is 1.44. The van der Waals surface area contributed by atoms with Crippen LogP contribution in [0.4, 0.5) is 14.5 Å². The number of Topliss-reactive ketones (excluding diaryl/α,β-unsaturated/α-hetero) is 1. The number of benzene rings is 2. The van der Waals surface area contributed by atoms with Gasteiger partial charge in [0.25, 0.3) is 0 Å². The molecule has 0 bridgehead atoms. The highest BCUT2D eigenvalue weighted by Crippen LogP contribution is 2.25. The van der Waals surface area contributed by atoms with Crippen molar-refractivity contribution in [3.05, 3.63) is 59.7 Å². The number of hydrogen-bond donors (Lipinski definition) is 1. The molecular weight excluding hydrogens is 350 g/mol. The summed E-state index contributed by atoms with van der Waals surface area (Å²) in [4.78, 5) is 14.8. The zero-order chi connectivity index (χ0) is 19.2. The number of rotatable bonds is 7. The first-order chi connectivity index (χ1) is 13.1. The van der Waals surface area contributed by atoms with Crippen molar-refractivity contribution in [3.8, 4) is 5.75 Å². The van der Waals surface area contributed by atoms with E-state index in [-0.39, 0.29) is 23.3 Å². The Bertz CT molecular complexity index is 772. The fourth-order valence-corrected chi connectivity index (χ4v) is 3.43. The predicted molar refractivity (Wildman–Crippen MR) is 101 cm³/mol. The Morgan fingerprint density at radius 2 is 1.78 bits per heavy atom. The van der Waals surface area contributed by atoms with Crippen LogP contribution in [-0.2, 0) is 0 Å². The first-order valence-corrected chi connectivity index (χ1v) is 9.16. The Kier molecular flexibility index (Phi) is 6.40. The average Bonchev–Trinajstić information content (AvgIpc) is 2.69. The van der Waals surface area contributed by atoms with Crippen LogP contribution in [0.1, 0.15) is 23.2 Å². The number of hydrogen-bond acceptors (Lipinski definition) is 4. The SMILES string of the molecule is COc1cc(F)ccc1NCCN1CCC(C(=O)c2ccc(F)cc2)CC1. The van der Waals surface area contributed by atoms with Crippen LogP contribution in [0.2, 0.25) is 0 Å².